The van der Waals surface area contributed by atoms with Crippen molar-refractivity contribution in [2.75, 3.05) is 0 Å². The van der Waals surface area contributed by atoms with Crippen molar-refractivity contribution in [3.63, 3.8) is 0 Å². The maximum absolute atomic E-state index is 11.1. The molecule has 3 nitrogen and oxygen atoms in total. The molecule has 3 fully saturated rings. The van der Waals surface area contributed by atoms with E-state index >= 15 is 0 Å². The molecule has 3 saturated carbocycles. The lowest BCUT2D eigenvalue weighted by Gasteiger charge is -2.57. The van der Waals surface area contributed by atoms with Gasteiger partial charge in [-0.15, -0.1) is 0 Å². The van der Waals surface area contributed by atoms with E-state index in [9.17, 15) is 9.59 Å². The van der Waals surface area contributed by atoms with E-state index in [-0.39, 0.29) is 10.8 Å². The van der Waals surface area contributed by atoms with Crippen LogP contribution in [0.4, 0.5) is 0 Å². The van der Waals surface area contributed by atoms with Crippen molar-refractivity contribution in [3.8, 4) is 0 Å². The van der Waals surface area contributed by atoms with Gasteiger partial charge in [0.25, 0.3) is 0 Å². The van der Waals surface area contributed by atoms with Crippen LogP contribution in [0.5, 0.6) is 0 Å². The van der Waals surface area contributed by atoms with Crippen molar-refractivity contribution in [2.24, 2.45) is 16.2 Å². The molecule has 3 rings (SSSR count). The molecule has 3 heteroatoms. The second-order valence-corrected chi connectivity index (χ2v) is 4.96. The summed E-state index contributed by atoms with van der Waals surface area (Å²) in [6.07, 6.45) is 2.93. The number of carboxylic acid groups (broad SMARTS) is 1. The highest BCUT2D eigenvalue weighted by molar-refractivity contribution is 5.83. The predicted molar refractivity (Wildman–Crippen MR) is 46.2 cm³/mol. The van der Waals surface area contributed by atoms with Gasteiger partial charge in [0.05, 0.1) is 5.41 Å². The van der Waals surface area contributed by atoms with Crippen LogP contribution in [-0.4, -0.2) is 17.4 Å². The van der Waals surface area contributed by atoms with Crippen molar-refractivity contribution in [1.82, 2.24) is 0 Å². The molecule has 0 aliphatic heterocycles. The van der Waals surface area contributed by atoms with Crippen LogP contribution in [0.2, 0.25) is 0 Å². The van der Waals surface area contributed by atoms with E-state index in [2.05, 4.69) is 0 Å². The highest BCUT2D eigenvalue weighted by Crippen LogP contribution is 2.76. The first-order valence-electron chi connectivity index (χ1n) is 4.62. The fourth-order valence-corrected chi connectivity index (χ4v) is 3.29. The van der Waals surface area contributed by atoms with Crippen molar-refractivity contribution < 1.29 is 14.7 Å². The largest absolute Gasteiger partial charge is 0.481 e. The monoisotopic (exact) mass is 182 g/mol. The van der Waals surface area contributed by atoms with E-state index in [4.69, 9.17) is 5.11 Å². The number of hydrogen-bond acceptors (Lipinski definition) is 2. The fraction of sp³-hybridized carbons (Fsp3) is 0.800. The minimum atomic E-state index is -0.729. The molecule has 0 amide bonds. The quantitative estimate of drug-likeness (QED) is 0.658. The Morgan fingerprint density at radius 3 is 2.23 bits per heavy atom. The molecular weight excluding hydrogens is 168 g/mol. The molecule has 0 aromatic carbocycles. The normalized spacial score (nSPS) is 45.4. The average Bonchev–Trinajstić information content (AvgIpc) is 2.55. The van der Waals surface area contributed by atoms with Gasteiger partial charge < -0.3 is 9.90 Å². The zero-order chi connectivity index (χ0) is 9.91. The van der Waals surface area contributed by atoms with Crippen LogP contribution in [0, 0.1) is 16.2 Å². The van der Waals surface area contributed by atoms with Crippen LogP contribution in [0.1, 0.15) is 33.1 Å². The number of hydrogen-bond donors (Lipinski definition) is 1. The van der Waals surface area contributed by atoms with Crippen LogP contribution < -0.4 is 0 Å². The lowest BCUT2D eigenvalue weighted by atomic mass is 9.43. The highest BCUT2D eigenvalue weighted by Gasteiger charge is 2.77. The third kappa shape index (κ3) is 0.607. The molecule has 3 aliphatic carbocycles. The van der Waals surface area contributed by atoms with Gasteiger partial charge in [-0.25, -0.2) is 0 Å². The van der Waals surface area contributed by atoms with Gasteiger partial charge in [0.1, 0.15) is 6.29 Å². The number of aldehydes is 1. The van der Waals surface area contributed by atoms with E-state index < -0.39 is 11.4 Å². The van der Waals surface area contributed by atoms with Gasteiger partial charge in [0, 0.05) is 5.41 Å². The zero-order valence-corrected chi connectivity index (χ0v) is 7.96. The van der Waals surface area contributed by atoms with E-state index in [1.165, 1.54) is 0 Å². The van der Waals surface area contributed by atoms with E-state index in [1.807, 2.05) is 13.8 Å². The molecule has 13 heavy (non-hydrogen) atoms. The summed E-state index contributed by atoms with van der Waals surface area (Å²) in [6.45, 7) is 3.82. The Morgan fingerprint density at radius 2 is 2.00 bits per heavy atom. The Balaban J connectivity index is 2.44. The Labute approximate surface area is 77.1 Å². The van der Waals surface area contributed by atoms with Gasteiger partial charge in [0.2, 0.25) is 0 Å². The van der Waals surface area contributed by atoms with Crippen molar-refractivity contribution in [3.05, 3.63) is 0 Å². The second kappa shape index (κ2) is 1.97. The zero-order valence-electron chi connectivity index (χ0n) is 7.96. The Bertz CT molecular complexity index is 295. The standard InChI is InChI=1S/C10H14O3/c1-8(2)9(6-11)3-4-10(8,5-9)7(12)13/h6H,3-5H2,1-2H3,(H,12,13)/t9-,10+/m1/s1. The molecule has 1 N–H and O–H groups in total. The maximum atomic E-state index is 11.1. The molecule has 2 atom stereocenters. The van der Waals surface area contributed by atoms with Gasteiger partial charge in [-0.1, -0.05) is 13.8 Å². The third-order valence-corrected chi connectivity index (χ3v) is 4.69. The molecule has 0 aromatic rings. The van der Waals surface area contributed by atoms with Gasteiger partial charge >= 0.3 is 5.97 Å². The second-order valence-electron chi connectivity index (χ2n) is 4.96. The van der Waals surface area contributed by atoms with Crippen molar-refractivity contribution >= 4 is 12.3 Å². The first-order chi connectivity index (χ1) is 5.92. The predicted octanol–water partition coefficient (Wildman–Crippen LogP) is 1.47. The fourth-order valence-electron chi connectivity index (χ4n) is 3.29. The SMILES string of the molecule is CC1(C)[C@]2(C=O)CC[C@@]1(C(=O)O)C2. The first kappa shape index (κ1) is 8.73. The number of rotatable bonds is 2. The Morgan fingerprint density at radius 1 is 1.38 bits per heavy atom. The van der Waals surface area contributed by atoms with E-state index in [1.54, 1.807) is 0 Å². The summed E-state index contributed by atoms with van der Waals surface area (Å²) in [5, 5.41) is 9.14. The molecule has 0 heterocycles. The number of carbonyl (C=O) groups excluding carboxylic acids is 1. The first-order valence-corrected chi connectivity index (χ1v) is 4.62. The summed E-state index contributed by atoms with van der Waals surface area (Å²) in [4.78, 5) is 22.1. The van der Waals surface area contributed by atoms with Gasteiger partial charge in [-0.2, -0.15) is 0 Å². The molecule has 0 radical (unpaired) electrons. The number of carbonyl (C=O) groups is 2. The van der Waals surface area contributed by atoms with Crippen molar-refractivity contribution in [1.29, 1.82) is 0 Å². The Hall–Kier alpha value is -0.860. The van der Waals surface area contributed by atoms with Crippen molar-refractivity contribution in [2.45, 2.75) is 33.1 Å². The molecule has 3 aliphatic rings. The lowest BCUT2D eigenvalue weighted by molar-refractivity contribution is -0.185. The van der Waals surface area contributed by atoms with Gasteiger partial charge in [-0.3, -0.25) is 4.79 Å². The highest BCUT2D eigenvalue weighted by atomic mass is 16.4. The summed E-state index contributed by atoms with van der Waals surface area (Å²) in [5.74, 6) is -0.729. The third-order valence-electron chi connectivity index (χ3n) is 4.69. The average molecular weight is 182 g/mol. The summed E-state index contributed by atoms with van der Waals surface area (Å²) in [6, 6.07) is 0. The van der Waals surface area contributed by atoms with Gasteiger partial charge in [0.15, 0.2) is 0 Å². The van der Waals surface area contributed by atoms with Crippen LogP contribution in [0.3, 0.4) is 0 Å². The van der Waals surface area contributed by atoms with E-state index in [0.717, 1.165) is 12.7 Å². The van der Waals surface area contributed by atoms with E-state index in [0.29, 0.717) is 12.8 Å². The molecule has 0 saturated heterocycles. The number of carboxylic acids is 1. The molecule has 0 aromatic heterocycles. The minimum absolute atomic E-state index is 0.342. The topological polar surface area (TPSA) is 54.4 Å². The molecule has 72 valence electrons. The van der Waals surface area contributed by atoms with Crippen LogP contribution in [-0.2, 0) is 9.59 Å². The summed E-state index contributed by atoms with van der Waals surface area (Å²) < 4.78 is 0. The van der Waals surface area contributed by atoms with Gasteiger partial charge in [-0.05, 0) is 24.7 Å². The summed E-state index contributed by atoms with van der Waals surface area (Å²) >= 11 is 0. The lowest BCUT2D eigenvalue weighted by Crippen LogP contribution is -2.60. The summed E-state index contributed by atoms with van der Waals surface area (Å²) in [7, 11) is 0. The van der Waals surface area contributed by atoms with Crippen LogP contribution in [0.25, 0.3) is 0 Å². The number of aliphatic carboxylic acids is 1. The van der Waals surface area contributed by atoms with Crippen LogP contribution >= 0.6 is 0 Å². The molecule has 0 unspecified atom stereocenters. The molecule has 0 spiro atoms. The van der Waals surface area contributed by atoms with Crippen LogP contribution in [0.15, 0.2) is 0 Å². The maximum Gasteiger partial charge on any atom is 0.310 e. The summed E-state index contributed by atoms with van der Waals surface area (Å²) in [5.41, 5.74) is -1.31. The number of fused-ring (bicyclic) bond motifs is 1. The molecular formula is C10H14O3. The smallest absolute Gasteiger partial charge is 0.310 e. The minimum Gasteiger partial charge on any atom is -0.481 e. The molecule has 2 bridgehead atoms. The Kier molecular flexibility index (Phi) is 1.32.